The Morgan fingerprint density at radius 1 is 1.00 bits per heavy atom. The SMILES string of the molecule is COc1ccc(C2CC(c3ccccc3Cl)=NN2C(=O)CNC(=O)c2ccccc2Cl)cc1. The predicted molar refractivity (Wildman–Crippen MR) is 129 cm³/mol. The van der Waals surface area contributed by atoms with Crippen molar-refractivity contribution in [1.82, 2.24) is 10.3 Å². The van der Waals surface area contributed by atoms with Crippen LogP contribution in [0.3, 0.4) is 0 Å². The highest BCUT2D eigenvalue weighted by molar-refractivity contribution is 6.34. The molecule has 0 saturated carbocycles. The van der Waals surface area contributed by atoms with E-state index in [2.05, 4.69) is 10.4 Å². The molecule has 0 spiro atoms. The molecule has 1 unspecified atom stereocenters. The average Bonchev–Trinajstić information content (AvgIpc) is 3.28. The molecule has 0 aromatic heterocycles. The third-order valence-electron chi connectivity index (χ3n) is 5.37. The number of hydrogen-bond acceptors (Lipinski definition) is 4. The van der Waals surface area contributed by atoms with Gasteiger partial charge >= 0.3 is 0 Å². The first kappa shape index (κ1) is 22.8. The van der Waals surface area contributed by atoms with Gasteiger partial charge in [0, 0.05) is 17.0 Å². The van der Waals surface area contributed by atoms with Crippen LogP contribution in [-0.2, 0) is 4.79 Å². The molecule has 33 heavy (non-hydrogen) atoms. The second kappa shape index (κ2) is 10.1. The molecular formula is C25H21Cl2N3O3. The maximum Gasteiger partial charge on any atom is 0.262 e. The van der Waals surface area contributed by atoms with Crippen molar-refractivity contribution in [3.8, 4) is 5.75 Å². The van der Waals surface area contributed by atoms with E-state index in [0.717, 1.165) is 11.1 Å². The van der Waals surface area contributed by atoms with Crippen LogP contribution in [0, 0.1) is 0 Å². The first-order valence-electron chi connectivity index (χ1n) is 10.3. The minimum atomic E-state index is -0.426. The molecule has 0 saturated heterocycles. The topological polar surface area (TPSA) is 71.0 Å². The third kappa shape index (κ3) is 5.02. The quantitative estimate of drug-likeness (QED) is 0.531. The summed E-state index contributed by atoms with van der Waals surface area (Å²) in [6.45, 7) is -0.226. The third-order valence-corrected chi connectivity index (χ3v) is 6.03. The molecule has 1 aliphatic rings. The molecule has 6 nitrogen and oxygen atoms in total. The molecule has 1 atom stereocenters. The molecule has 3 aromatic carbocycles. The van der Waals surface area contributed by atoms with Crippen molar-refractivity contribution in [2.75, 3.05) is 13.7 Å². The molecule has 0 bridgehead atoms. The van der Waals surface area contributed by atoms with Gasteiger partial charge in [-0.3, -0.25) is 9.59 Å². The van der Waals surface area contributed by atoms with Gasteiger partial charge in [-0.15, -0.1) is 0 Å². The zero-order chi connectivity index (χ0) is 23.4. The summed E-state index contributed by atoms with van der Waals surface area (Å²) in [5.41, 5.74) is 2.67. The lowest BCUT2D eigenvalue weighted by molar-refractivity contribution is -0.131. The van der Waals surface area contributed by atoms with E-state index < -0.39 is 5.91 Å². The number of hydrogen-bond donors (Lipinski definition) is 1. The van der Waals surface area contributed by atoms with Crippen LogP contribution in [0.1, 0.15) is 33.9 Å². The Hall–Kier alpha value is -3.35. The van der Waals surface area contributed by atoms with Gasteiger partial charge in [0.1, 0.15) is 5.75 Å². The molecule has 8 heteroatoms. The van der Waals surface area contributed by atoms with Crippen molar-refractivity contribution in [1.29, 1.82) is 0 Å². The van der Waals surface area contributed by atoms with E-state index in [0.29, 0.717) is 33.5 Å². The lowest BCUT2D eigenvalue weighted by atomic mass is 9.98. The Kier molecular flexibility index (Phi) is 6.96. The monoisotopic (exact) mass is 481 g/mol. The van der Waals surface area contributed by atoms with Crippen molar-refractivity contribution in [3.05, 3.63) is 99.5 Å². The minimum absolute atomic E-state index is 0.226. The maximum absolute atomic E-state index is 13.1. The van der Waals surface area contributed by atoms with E-state index in [1.54, 1.807) is 37.4 Å². The summed E-state index contributed by atoms with van der Waals surface area (Å²) in [5, 5.41) is 9.53. The molecule has 1 N–H and O–H groups in total. The number of nitrogens with zero attached hydrogens (tertiary/aromatic N) is 2. The van der Waals surface area contributed by atoms with Gasteiger partial charge in [0.05, 0.1) is 36.0 Å². The number of methoxy groups -OCH3 is 1. The summed E-state index contributed by atoms with van der Waals surface area (Å²) >= 11 is 12.5. The summed E-state index contributed by atoms with van der Waals surface area (Å²) < 4.78 is 5.24. The highest BCUT2D eigenvalue weighted by Crippen LogP contribution is 2.35. The zero-order valence-corrected chi connectivity index (χ0v) is 19.3. The number of carbonyl (C=O) groups excluding carboxylic acids is 2. The molecule has 3 aromatic rings. The van der Waals surface area contributed by atoms with E-state index in [1.807, 2.05) is 42.5 Å². The Bertz CT molecular complexity index is 1210. The van der Waals surface area contributed by atoms with E-state index in [9.17, 15) is 9.59 Å². The number of benzene rings is 3. The molecule has 1 heterocycles. The number of carbonyl (C=O) groups is 2. The fraction of sp³-hybridized carbons (Fsp3) is 0.160. The Morgan fingerprint density at radius 3 is 2.33 bits per heavy atom. The Balaban J connectivity index is 1.57. The van der Waals surface area contributed by atoms with E-state index in [1.165, 1.54) is 5.01 Å². The molecule has 2 amide bonds. The van der Waals surface area contributed by atoms with Crippen LogP contribution in [0.2, 0.25) is 10.0 Å². The first-order valence-corrected chi connectivity index (χ1v) is 11.0. The number of ether oxygens (including phenoxy) is 1. The van der Waals surface area contributed by atoms with Crippen molar-refractivity contribution in [3.63, 3.8) is 0 Å². The van der Waals surface area contributed by atoms with E-state index in [-0.39, 0.29) is 18.5 Å². The molecule has 168 valence electrons. The summed E-state index contributed by atoms with van der Waals surface area (Å²) in [4.78, 5) is 25.7. The normalized spacial score (nSPS) is 15.2. The van der Waals surface area contributed by atoms with Gasteiger partial charge in [-0.1, -0.05) is 65.7 Å². The smallest absolute Gasteiger partial charge is 0.262 e. The fourth-order valence-electron chi connectivity index (χ4n) is 3.66. The zero-order valence-electron chi connectivity index (χ0n) is 17.8. The highest BCUT2D eigenvalue weighted by Gasteiger charge is 2.33. The van der Waals surface area contributed by atoms with Gasteiger partial charge in [-0.2, -0.15) is 5.10 Å². The number of hydrazone groups is 1. The largest absolute Gasteiger partial charge is 0.497 e. The molecule has 0 aliphatic carbocycles. The van der Waals surface area contributed by atoms with E-state index >= 15 is 0 Å². The number of amides is 2. The fourth-order valence-corrected chi connectivity index (χ4v) is 4.13. The lowest BCUT2D eigenvalue weighted by Gasteiger charge is -2.22. The summed E-state index contributed by atoms with van der Waals surface area (Å²) in [6.07, 6.45) is 0.486. The van der Waals surface area contributed by atoms with Crippen LogP contribution in [0.25, 0.3) is 0 Å². The number of halogens is 2. The Labute approximate surface area is 201 Å². The second-order valence-electron chi connectivity index (χ2n) is 7.42. The van der Waals surface area contributed by atoms with Crippen molar-refractivity contribution in [2.45, 2.75) is 12.5 Å². The van der Waals surface area contributed by atoms with Crippen molar-refractivity contribution >= 4 is 40.7 Å². The van der Waals surface area contributed by atoms with E-state index in [4.69, 9.17) is 27.9 Å². The maximum atomic E-state index is 13.1. The molecule has 4 rings (SSSR count). The van der Waals surface area contributed by atoms with Gasteiger partial charge in [-0.25, -0.2) is 5.01 Å². The lowest BCUT2D eigenvalue weighted by Crippen LogP contribution is -2.38. The van der Waals surface area contributed by atoms with Crippen LogP contribution in [-0.4, -0.2) is 36.2 Å². The highest BCUT2D eigenvalue weighted by atomic mass is 35.5. The Morgan fingerprint density at radius 2 is 1.67 bits per heavy atom. The summed E-state index contributed by atoms with van der Waals surface area (Å²) in [5.74, 6) is -0.0587. The number of nitrogens with one attached hydrogen (secondary N) is 1. The van der Waals surface area contributed by atoms with Crippen LogP contribution >= 0.6 is 23.2 Å². The van der Waals surface area contributed by atoms with Crippen LogP contribution in [0.4, 0.5) is 0 Å². The van der Waals surface area contributed by atoms with Gasteiger partial charge in [-0.05, 0) is 35.9 Å². The minimum Gasteiger partial charge on any atom is -0.497 e. The van der Waals surface area contributed by atoms with Gasteiger partial charge in [0.2, 0.25) is 0 Å². The second-order valence-corrected chi connectivity index (χ2v) is 8.23. The van der Waals surface area contributed by atoms with Gasteiger partial charge < -0.3 is 10.1 Å². The molecule has 1 aliphatic heterocycles. The molecule has 0 fully saturated rings. The molecule has 0 radical (unpaired) electrons. The van der Waals surface area contributed by atoms with Crippen LogP contribution in [0.5, 0.6) is 5.75 Å². The van der Waals surface area contributed by atoms with Gasteiger partial charge in [0.25, 0.3) is 11.8 Å². The van der Waals surface area contributed by atoms with Crippen molar-refractivity contribution < 1.29 is 14.3 Å². The van der Waals surface area contributed by atoms with Crippen LogP contribution < -0.4 is 10.1 Å². The average molecular weight is 482 g/mol. The summed E-state index contributed by atoms with van der Waals surface area (Å²) in [6, 6.07) is 21.2. The predicted octanol–water partition coefficient (Wildman–Crippen LogP) is 5.11. The standard InChI is InChI=1S/C25H21Cl2N3O3/c1-33-17-12-10-16(11-13-17)23-14-22(18-6-2-4-8-20(18)26)29-30(23)24(31)15-28-25(32)19-7-3-5-9-21(19)27/h2-13,23H,14-15H2,1H3,(H,28,32). The summed E-state index contributed by atoms with van der Waals surface area (Å²) in [7, 11) is 1.60. The van der Waals surface area contributed by atoms with Gasteiger partial charge in [0.15, 0.2) is 0 Å². The molecular weight excluding hydrogens is 461 g/mol. The van der Waals surface area contributed by atoms with Crippen molar-refractivity contribution in [2.24, 2.45) is 5.10 Å². The first-order chi connectivity index (χ1) is 16.0. The number of rotatable bonds is 6. The van der Waals surface area contributed by atoms with Crippen LogP contribution in [0.15, 0.2) is 77.9 Å².